The summed E-state index contributed by atoms with van der Waals surface area (Å²) in [6.07, 6.45) is -4.57. The zero-order valence-corrected chi connectivity index (χ0v) is 16.2. The first kappa shape index (κ1) is 20.0. The minimum absolute atomic E-state index is 0.227. The Bertz CT molecular complexity index is 1040. The average Bonchev–Trinajstić information content (AvgIpc) is 3.24. The summed E-state index contributed by atoms with van der Waals surface area (Å²) in [6, 6.07) is 3.91. The van der Waals surface area contributed by atoms with Gasteiger partial charge in [0.15, 0.2) is 0 Å². The molecule has 11 heteroatoms. The van der Waals surface area contributed by atoms with Crippen LogP contribution in [0.25, 0.3) is 10.7 Å². The van der Waals surface area contributed by atoms with E-state index >= 15 is 0 Å². The molecule has 2 amide bonds. The standard InChI is InChI=1S/C17H13F3N4O2S2/c1-8-13(28-16(21-8)12-7-27-9(2)22-12)15(26)24-23-14(25)10-4-3-5-11(6-10)17(18,19)20/h3-7H,1-2H3,(H,23,25)(H,24,26). The molecule has 0 aliphatic carbocycles. The van der Waals surface area contributed by atoms with E-state index in [0.29, 0.717) is 22.5 Å². The Morgan fingerprint density at radius 2 is 1.79 bits per heavy atom. The zero-order chi connectivity index (χ0) is 20.5. The van der Waals surface area contributed by atoms with Gasteiger partial charge in [0.2, 0.25) is 0 Å². The molecule has 146 valence electrons. The molecule has 2 heterocycles. The molecule has 0 bridgehead atoms. The van der Waals surface area contributed by atoms with Crippen LogP contribution in [0.15, 0.2) is 29.6 Å². The fourth-order valence-electron chi connectivity index (χ4n) is 2.26. The predicted molar refractivity (Wildman–Crippen MR) is 99.1 cm³/mol. The molecular formula is C17H13F3N4O2S2. The minimum atomic E-state index is -4.57. The fraction of sp³-hybridized carbons (Fsp3) is 0.176. The number of carbonyl (C=O) groups excluding carboxylic acids is 2. The normalized spacial score (nSPS) is 11.3. The van der Waals surface area contributed by atoms with Crippen LogP contribution in [-0.2, 0) is 6.18 Å². The van der Waals surface area contributed by atoms with E-state index < -0.39 is 23.6 Å². The highest BCUT2D eigenvalue weighted by Gasteiger charge is 2.31. The number of hydrazine groups is 1. The Morgan fingerprint density at radius 3 is 2.43 bits per heavy atom. The van der Waals surface area contributed by atoms with Gasteiger partial charge in [0.05, 0.1) is 16.3 Å². The Balaban J connectivity index is 1.69. The lowest BCUT2D eigenvalue weighted by Crippen LogP contribution is -2.41. The van der Waals surface area contributed by atoms with Crippen molar-refractivity contribution >= 4 is 34.5 Å². The Labute approximate surface area is 165 Å². The van der Waals surface area contributed by atoms with Gasteiger partial charge in [-0.15, -0.1) is 22.7 Å². The number of hydrogen-bond donors (Lipinski definition) is 2. The molecular weight excluding hydrogens is 413 g/mol. The lowest BCUT2D eigenvalue weighted by atomic mass is 10.1. The van der Waals surface area contributed by atoms with Crippen molar-refractivity contribution in [3.8, 4) is 10.7 Å². The quantitative estimate of drug-likeness (QED) is 0.621. The molecule has 3 aromatic rings. The number of halogens is 3. The second-order valence-electron chi connectivity index (χ2n) is 5.67. The maximum atomic E-state index is 12.7. The molecule has 0 unspecified atom stereocenters. The van der Waals surface area contributed by atoms with Crippen LogP contribution in [0, 0.1) is 13.8 Å². The van der Waals surface area contributed by atoms with E-state index in [4.69, 9.17) is 0 Å². The first-order chi connectivity index (χ1) is 13.1. The van der Waals surface area contributed by atoms with E-state index in [-0.39, 0.29) is 10.4 Å². The molecule has 0 saturated heterocycles. The van der Waals surface area contributed by atoms with Crippen molar-refractivity contribution in [1.82, 2.24) is 20.8 Å². The first-order valence-corrected chi connectivity index (χ1v) is 9.52. The molecule has 0 spiro atoms. The molecule has 6 nitrogen and oxygen atoms in total. The number of nitrogens with zero attached hydrogens (tertiary/aromatic N) is 2. The van der Waals surface area contributed by atoms with Gasteiger partial charge in [0.1, 0.15) is 15.6 Å². The number of aryl methyl sites for hydroxylation is 2. The monoisotopic (exact) mass is 426 g/mol. The highest BCUT2D eigenvalue weighted by Crippen LogP contribution is 2.30. The van der Waals surface area contributed by atoms with Crippen molar-refractivity contribution in [2.45, 2.75) is 20.0 Å². The number of rotatable bonds is 3. The molecule has 0 aliphatic heterocycles. The lowest BCUT2D eigenvalue weighted by molar-refractivity contribution is -0.137. The third kappa shape index (κ3) is 4.37. The second-order valence-corrected chi connectivity index (χ2v) is 7.73. The second kappa shape index (κ2) is 7.68. The van der Waals surface area contributed by atoms with Crippen molar-refractivity contribution < 1.29 is 22.8 Å². The van der Waals surface area contributed by atoms with Crippen molar-refractivity contribution in [3.05, 3.63) is 56.4 Å². The van der Waals surface area contributed by atoms with Gasteiger partial charge in [-0.05, 0) is 32.0 Å². The van der Waals surface area contributed by atoms with Crippen molar-refractivity contribution in [2.75, 3.05) is 0 Å². The van der Waals surface area contributed by atoms with Crippen LogP contribution in [0.2, 0.25) is 0 Å². The molecule has 0 radical (unpaired) electrons. The summed E-state index contributed by atoms with van der Waals surface area (Å²) in [7, 11) is 0. The molecule has 28 heavy (non-hydrogen) atoms. The minimum Gasteiger partial charge on any atom is -0.267 e. The Hall–Kier alpha value is -2.79. The summed E-state index contributed by atoms with van der Waals surface area (Å²) in [6.45, 7) is 3.49. The topological polar surface area (TPSA) is 84.0 Å². The van der Waals surface area contributed by atoms with Gasteiger partial charge in [-0.3, -0.25) is 20.4 Å². The van der Waals surface area contributed by atoms with Gasteiger partial charge in [0, 0.05) is 10.9 Å². The fourth-order valence-corrected chi connectivity index (χ4v) is 3.85. The van der Waals surface area contributed by atoms with Gasteiger partial charge in [-0.2, -0.15) is 13.2 Å². The third-order valence-electron chi connectivity index (χ3n) is 3.58. The molecule has 3 rings (SSSR count). The van der Waals surface area contributed by atoms with Crippen LogP contribution < -0.4 is 10.9 Å². The number of carbonyl (C=O) groups is 2. The molecule has 2 N–H and O–H groups in total. The number of benzene rings is 1. The van der Waals surface area contributed by atoms with Crippen molar-refractivity contribution in [1.29, 1.82) is 0 Å². The van der Waals surface area contributed by atoms with Gasteiger partial charge >= 0.3 is 6.18 Å². The largest absolute Gasteiger partial charge is 0.416 e. The van der Waals surface area contributed by atoms with E-state index in [0.717, 1.165) is 28.5 Å². The average molecular weight is 426 g/mol. The van der Waals surface area contributed by atoms with Gasteiger partial charge in [-0.25, -0.2) is 9.97 Å². The number of nitrogens with one attached hydrogen (secondary N) is 2. The van der Waals surface area contributed by atoms with Crippen LogP contribution in [0.3, 0.4) is 0 Å². The summed E-state index contributed by atoms with van der Waals surface area (Å²) < 4.78 is 38.2. The predicted octanol–water partition coefficient (Wildman–Crippen LogP) is 3.98. The third-order valence-corrected chi connectivity index (χ3v) is 5.53. The summed E-state index contributed by atoms with van der Waals surface area (Å²) in [4.78, 5) is 33.3. The molecule has 1 aromatic carbocycles. The number of hydrogen-bond acceptors (Lipinski definition) is 6. The molecule has 0 atom stereocenters. The SMILES string of the molecule is Cc1nc(-c2nc(C)c(C(=O)NNC(=O)c3cccc(C(F)(F)F)c3)s2)cs1. The smallest absolute Gasteiger partial charge is 0.267 e. The van der Waals surface area contributed by atoms with Crippen molar-refractivity contribution in [2.24, 2.45) is 0 Å². The number of aromatic nitrogens is 2. The van der Waals surface area contributed by atoms with Gasteiger partial charge < -0.3 is 0 Å². The van der Waals surface area contributed by atoms with Crippen LogP contribution in [-0.4, -0.2) is 21.8 Å². The highest BCUT2D eigenvalue weighted by molar-refractivity contribution is 7.17. The maximum Gasteiger partial charge on any atom is 0.416 e. The van der Waals surface area contributed by atoms with Crippen molar-refractivity contribution in [3.63, 3.8) is 0 Å². The number of amides is 2. The molecule has 2 aromatic heterocycles. The van der Waals surface area contributed by atoms with Gasteiger partial charge in [0.25, 0.3) is 11.8 Å². The summed E-state index contributed by atoms with van der Waals surface area (Å²) >= 11 is 2.56. The van der Waals surface area contributed by atoms with E-state index in [2.05, 4.69) is 20.8 Å². The van der Waals surface area contributed by atoms with Crippen LogP contribution in [0.1, 0.15) is 36.3 Å². The lowest BCUT2D eigenvalue weighted by Gasteiger charge is -2.09. The number of alkyl halides is 3. The Morgan fingerprint density at radius 1 is 1.07 bits per heavy atom. The van der Waals surface area contributed by atoms with E-state index in [1.54, 1.807) is 6.92 Å². The van der Waals surface area contributed by atoms with E-state index in [1.165, 1.54) is 17.4 Å². The molecule has 0 aliphatic rings. The van der Waals surface area contributed by atoms with Crippen LogP contribution in [0.5, 0.6) is 0 Å². The summed E-state index contributed by atoms with van der Waals surface area (Å²) in [5, 5.41) is 3.25. The van der Waals surface area contributed by atoms with E-state index in [9.17, 15) is 22.8 Å². The van der Waals surface area contributed by atoms with Gasteiger partial charge in [-0.1, -0.05) is 6.07 Å². The first-order valence-electron chi connectivity index (χ1n) is 7.83. The summed E-state index contributed by atoms with van der Waals surface area (Å²) in [5.41, 5.74) is 4.25. The van der Waals surface area contributed by atoms with Crippen LogP contribution in [0.4, 0.5) is 13.2 Å². The van der Waals surface area contributed by atoms with E-state index in [1.807, 2.05) is 12.3 Å². The molecule has 0 fully saturated rings. The zero-order valence-electron chi connectivity index (χ0n) is 14.5. The van der Waals surface area contributed by atoms with Crippen LogP contribution >= 0.6 is 22.7 Å². The molecule has 0 saturated carbocycles. The number of thiazole rings is 2. The maximum absolute atomic E-state index is 12.7. The Kier molecular flexibility index (Phi) is 5.47. The highest BCUT2D eigenvalue weighted by atomic mass is 32.1. The summed E-state index contributed by atoms with van der Waals surface area (Å²) in [5.74, 6) is -1.48.